The highest BCUT2D eigenvalue weighted by molar-refractivity contribution is 14.0. The van der Waals surface area contributed by atoms with Crippen LogP contribution in [0.3, 0.4) is 0 Å². The second-order valence-corrected chi connectivity index (χ2v) is 5.64. The Kier molecular flexibility index (Phi) is 9.61. The van der Waals surface area contributed by atoms with Crippen LogP contribution in [0.4, 0.5) is 4.39 Å². The van der Waals surface area contributed by atoms with Crippen molar-refractivity contribution >= 4 is 41.7 Å². The van der Waals surface area contributed by atoms with Crippen molar-refractivity contribution in [1.82, 2.24) is 15.6 Å². The maximum atomic E-state index is 12.8. The van der Waals surface area contributed by atoms with E-state index >= 15 is 0 Å². The molecule has 1 aromatic carbocycles. The van der Waals surface area contributed by atoms with E-state index in [4.69, 9.17) is 0 Å². The van der Waals surface area contributed by atoms with Gasteiger partial charge in [0.05, 0.1) is 12.2 Å². The Morgan fingerprint density at radius 1 is 1.17 bits per heavy atom. The zero-order valence-electron chi connectivity index (χ0n) is 12.8. The minimum absolute atomic E-state index is 0. The van der Waals surface area contributed by atoms with Crippen LogP contribution >= 0.6 is 35.7 Å². The van der Waals surface area contributed by atoms with Crippen molar-refractivity contribution in [2.75, 3.05) is 19.3 Å². The molecule has 0 unspecified atom stereocenters. The SMILES string of the molecule is CN=C(NCCSc1ccc(F)cc1)NCc1ccccn1.I. The number of benzene rings is 1. The molecule has 23 heavy (non-hydrogen) atoms. The first-order chi connectivity index (χ1) is 10.8. The molecule has 2 N–H and O–H groups in total. The predicted octanol–water partition coefficient (Wildman–Crippen LogP) is 3.30. The van der Waals surface area contributed by atoms with Crippen molar-refractivity contribution in [1.29, 1.82) is 0 Å². The Morgan fingerprint density at radius 3 is 2.61 bits per heavy atom. The standard InChI is InChI=1S/C16H19FN4S.HI/c1-18-16(21-12-14-4-2-3-9-19-14)20-10-11-22-15-7-5-13(17)6-8-15;/h2-9H,10-12H2,1H3,(H2,18,20,21);1H. The van der Waals surface area contributed by atoms with Crippen LogP contribution in [0.25, 0.3) is 0 Å². The number of nitrogens with one attached hydrogen (secondary N) is 2. The zero-order chi connectivity index (χ0) is 15.6. The van der Waals surface area contributed by atoms with Gasteiger partial charge in [0.2, 0.25) is 0 Å². The number of hydrogen-bond acceptors (Lipinski definition) is 3. The van der Waals surface area contributed by atoms with E-state index in [1.165, 1.54) is 12.1 Å². The van der Waals surface area contributed by atoms with Crippen LogP contribution in [-0.4, -0.2) is 30.3 Å². The summed E-state index contributed by atoms with van der Waals surface area (Å²) in [4.78, 5) is 9.47. The molecule has 4 nitrogen and oxygen atoms in total. The van der Waals surface area contributed by atoms with Gasteiger partial charge in [-0.1, -0.05) is 6.07 Å². The monoisotopic (exact) mass is 446 g/mol. The lowest BCUT2D eigenvalue weighted by molar-refractivity contribution is 0.626. The zero-order valence-corrected chi connectivity index (χ0v) is 16.0. The molecular weight excluding hydrogens is 426 g/mol. The summed E-state index contributed by atoms with van der Waals surface area (Å²) in [6.07, 6.45) is 1.77. The van der Waals surface area contributed by atoms with Crippen molar-refractivity contribution in [2.45, 2.75) is 11.4 Å². The lowest BCUT2D eigenvalue weighted by Crippen LogP contribution is -2.38. The lowest BCUT2D eigenvalue weighted by Gasteiger charge is -2.11. The Bertz CT molecular complexity index is 593. The summed E-state index contributed by atoms with van der Waals surface area (Å²) in [5.74, 6) is 1.41. The number of guanidine groups is 1. The normalized spacial score (nSPS) is 10.8. The molecule has 0 aliphatic heterocycles. The van der Waals surface area contributed by atoms with Gasteiger partial charge in [-0.15, -0.1) is 35.7 Å². The predicted molar refractivity (Wildman–Crippen MR) is 105 cm³/mol. The number of rotatable bonds is 6. The van der Waals surface area contributed by atoms with Crippen LogP contribution in [0.2, 0.25) is 0 Å². The molecule has 1 heterocycles. The van der Waals surface area contributed by atoms with Gasteiger partial charge in [-0.25, -0.2) is 4.39 Å². The molecule has 0 spiro atoms. The third kappa shape index (κ3) is 7.65. The quantitative estimate of drug-likeness (QED) is 0.235. The average molecular weight is 446 g/mol. The van der Waals surface area contributed by atoms with E-state index < -0.39 is 0 Å². The Morgan fingerprint density at radius 2 is 1.96 bits per heavy atom. The maximum absolute atomic E-state index is 12.8. The summed E-state index contributed by atoms with van der Waals surface area (Å²) in [6.45, 7) is 1.40. The van der Waals surface area contributed by atoms with Gasteiger partial charge in [0.15, 0.2) is 5.96 Å². The first-order valence-electron chi connectivity index (χ1n) is 7.01. The second-order valence-electron chi connectivity index (χ2n) is 4.48. The van der Waals surface area contributed by atoms with Crippen molar-refractivity contribution < 1.29 is 4.39 Å². The van der Waals surface area contributed by atoms with Crippen LogP contribution in [-0.2, 0) is 6.54 Å². The van der Waals surface area contributed by atoms with Crippen LogP contribution < -0.4 is 10.6 Å². The molecule has 0 atom stereocenters. The molecule has 0 saturated carbocycles. The summed E-state index contributed by atoms with van der Waals surface area (Å²) in [5, 5.41) is 6.45. The van der Waals surface area contributed by atoms with Crippen LogP contribution in [0.5, 0.6) is 0 Å². The van der Waals surface area contributed by atoms with Gasteiger partial charge in [-0.2, -0.15) is 0 Å². The first kappa shape index (κ1) is 19.7. The minimum Gasteiger partial charge on any atom is -0.356 e. The highest BCUT2D eigenvalue weighted by Gasteiger charge is 1.99. The number of thioether (sulfide) groups is 1. The molecule has 2 rings (SSSR count). The smallest absolute Gasteiger partial charge is 0.191 e. The second kappa shape index (κ2) is 11.2. The minimum atomic E-state index is -0.207. The number of pyridine rings is 1. The molecule has 0 bridgehead atoms. The van der Waals surface area contributed by atoms with Crippen molar-refractivity contribution in [2.24, 2.45) is 4.99 Å². The summed E-state index contributed by atoms with van der Waals surface area (Å²) in [6, 6.07) is 12.3. The molecule has 0 amide bonds. The third-order valence-electron chi connectivity index (χ3n) is 2.86. The average Bonchev–Trinajstić information content (AvgIpc) is 2.57. The summed E-state index contributed by atoms with van der Waals surface area (Å²) >= 11 is 1.67. The van der Waals surface area contributed by atoms with Crippen LogP contribution in [0.1, 0.15) is 5.69 Å². The molecule has 124 valence electrons. The van der Waals surface area contributed by atoms with E-state index in [1.54, 1.807) is 37.1 Å². The molecular formula is C16H20FIN4S. The Hall–Kier alpha value is -1.35. The van der Waals surface area contributed by atoms with Crippen molar-refractivity contribution in [3.05, 3.63) is 60.2 Å². The van der Waals surface area contributed by atoms with Crippen molar-refractivity contribution in [3.8, 4) is 0 Å². The Labute approximate surface area is 157 Å². The maximum Gasteiger partial charge on any atom is 0.191 e. The Balaban J connectivity index is 0.00000264. The summed E-state index contributed by atoms with van der Waals surface area (Å²) < 4.78 is 12.8. The van der Waals surface area contributed by atoms with Gasteiger partial charge >= 0.3 is 0 Å². The van der Waals surface area contributed by atoms with Crippen LogP contribution in [0, 0.1) is 5.82 Å². The fourth-order valence-electron chi connectivity index (χ4n) is 1.77. The molecule has 0 saturated heterocycles. The van der Waals surface area contributed by atoms with Gasteiger partial charge in [-0.05, 0) is 36.4 Å². The lowest BCUT2D eigenvalue weighted by atomic mass is 10.3. The molecule has 7 heteroatoms. The molecule has 0 aliphatic rings. The summed E-state index contributed by atoms with van der Waals surface area (Å²) in [5.41, 5.74) is 0.964. The van der Waals surface area contributed by atoms with E-state index in [2.05, 4.69) is 20.6 Å². The highest BCUT2D eigenvalue weighted by Crippen LogP contribution is 2.17. The molecule has 1 aromatic heterocycles. The van der Waals surface area contributed by atoms with Gasteiger partial charge in [0, 0.05) is 30.4 Å². The van der Waals surface area contributed by atoms with E-state index in [0.29, 0.717) is 6.54 Å². The van der Waals surface area contributed by atoms with E-state index in [-0.39, 0.29) is 29.8 Å². The number of hydrogen-bond donors (Lipinski definition) is 2. The van der Waals surface area contributed by atoms with E-state index in [9.17, 15) is 4.39 Å². The largest absolute Gasteiger partial charge is 0.356 e. The van der Waals surface area contributed by atoms with Gasteiger partial charge in [-0.3, -0.25) is 9.98 Å². The molecule has 0 fully saturated rings. The third-order valence-corrected chi connectivity index (χ3v) is 3.88. The van der Waals surface area contributed by atoms with Gasteiger partial charge in [0.25, 0.3) is 0 Å². The fourth-order valence-corrected chi connectivity index (χ4v) is 2.54. The molecule has 2 aromatic rings. The first-order valence-corrected chi connectivity index (χ1v) is 7.99. The van der Waals surface area contributed by atoms with Gasteiger partial charge in [0.1, 0.15) is 5.82 Å². The fraction of sp³-hybridized carbons (Fsp3) is 0.250. The number of nitrogens with zero attached hydrogens (tertiary/aromatic N) is 2. The topological polar surface area (TPSA) is 49.3 Å². The van der Waals surface area contributed by atoms with Gasteiger partial charge < -0.3 is 10.6 Å². The molecule has 0 radical (unpaired) electrons. The van der Waals surface area contributed by atoms with E-state index in [0.717, 1.165) is 28.8 Å². The summed E-state index contributed by atoms with van der Waals surface area (Å²) in [7, 11) is 1.74. The number of halogens is 2. The van der Waals surface area contributed by atoms with E-state index in [1.807, 2.05) is 18.2 Å². The number of aliphatic imine (C=N–C) groups is 1. The van der Waals surface area contributed by atoms with Crippen LogP contribution in [0.15, 0.2) is 58.5 Å². The number of aromatic nitrogens is 1. The highest BCUT2D eigenvalue weighted by atomic mass is 127. The van der Waals surface area contributed by atoms with Crippen molar-refractivity contribution in [3.63, 3.8) is 0 Å². The molecule has 0 aliphatic carbocycles.